The van der Waals surface area contributed by atoms with Gasteiger partial charge in [0.15, 0.2) is 0 Å². The lowest BCUT2D eigenvalue weighted by Gasteiger charge is -2.24. The van der Waals surface area contributed by atoms with Crippen molar-refractivity contribution in [2.24, 2.45) is 0 Å². The molecule has 6 nitrogen and oxygen atoms in total. The molecule has 114 valence electrons. The first kappa shape index (κ1) is 15.1. The molecule has 2 rings (SSSR count). The number of anilines is 1. The van der Waals surface area contributed by atoms with Gasteiger partial charge in [-0.3, -0.25) is 9.69 Å². The van der Waals surface area contributed by atoms with Crippen molar-refractivity contribution in [3.63, 3.8) is 0 Å². The first-order valence-electron chi connectivity index (χ1n) is 6.03. The summed E-state index contributed by atoms with van der Waals surface area (Å²) in [5.74, 6) is -0.940. The molecule has 0 aliphatic carbocycles. The molecule has 1 aliphatic rings. The molecule has 1 aromatic heterocycles. The van der Waals surface area contributed by atoms with Crippen molar-refractivity contribution >= 4 is 17.8 Å². The standard InChI is InChI=1S/C12H13F3N4O2/c1-11(12(13,14)15)9(20)19(10(21)18-11)6-7-4-3-5-17-8(7)16-2/h3-5H,6H2,1-2H3,(H,16,17)(H,18,21). The van der Waals surface area contributed by atoms with Crippen LogP contribution in [0.2, 0.25) is 0 Å². The van der Waals surface area contributed by atoms with Gasteiger partial charge in [0.1, 0.15) is 5.82 Å². The third-order valence-corrected chi connectivity index (χ3v) is 3.30. The number of nitrogens with zero attached hydrogens (tertiary/aromatic N) is 2. The predicted octanol–water partition coefficient (Wildman–Crippen LogP) is 1.50. The second-order valence-electron chi connectivity index (χ2n) is 4.71. The predicted molar refractivity (Wildman–Crippen MR) is 67.3 cm³/mol. The van der Waals surface area contributed by atoms with E-state index in [1.54, 1.807) is 24.5 Å². The van der Waals surface area contributed by atoms with E-state index < -0.39 is 23.7 Å². The number of urea groups is 1. The molecule has 0 bridgehead atoms. The van der Waals surface area contributed by atoms with Crippen molar-refractivity contribution in [1.82, 2.24) is 15.2 Å². The summed E-state index contributed by atoms with van der Waals surface area (Å²) in [4.78, 5) is 28.2. The third-order valence-electron chi connectivity index (χ3n) is 3.30. The molecule has 0 aromatic carbocycles. The lowest BCUT2D eigenvalue weighted by molar-refractivity contribution is -0.191. The SMILES string of the molecule is CNc1ncccc1CN1C(=O)NC(C)(C(F)(F)F)C1=O. The zero-order valence-corrected chi connectivity index (χ0v) is 11.3. The lowest BCUT2D eigenvalue weighted by Crippen LogP contribution is -2.56. The van der Waals surface area contributed by atoms with E-state index in [2.05, 4.69) is 10.3 Å². The summed E-state index contributed by atoms with van der Waals surface area (Å²) in [6.07, 6.45) is -3.38. The lowest BCUT2D eigenvalue weighted by atomic mass is 10.0. The van der Waals surface area contributed by atoms with Gasteiger partial charge in [-0.25, -0.2) is 9.78 Å². The van der Waals surface area contributed by atoms with Crippen LogP contribution in [0.3, 0.4) is 0 Å². The van der Waals surface area contributed by atoms with E-state index in [4.69, 9.17) is 0 Å². The van der Waals surface area contributed by atoms with Gasteiger partial charge in [-0.05, 0) is 13.0 Å². The van der Waals surface area contributed by atoms with E-state index in [0.29, 0.717) is 23.2 Å². The van der Waals surface area contributed by atoms with Crippen LogP contribution in [0.5, 0.6) is 0 Å². The van der Waals surface area contributed by atoms with E-state index >= 15 is 0 Å². The molecule has 1 aromatic rings. The van der Waals surface area contributed by atoms with Gasteiger partial charge in [0.05, 0.1) is 6.54 Å². The molecular weight excluding hydrogens is 289 g/mol. The van der Waals surface area contributed by atoms with Gasteiger partial charge in [0.25, 0.3) is 5.91 Å². The minimum absolute atomic E-state index is 0.291. The highest BCUT2D eigenvalue weighted by Gasteiger charge is 2.64. The van der Waals surface area contributed by atoms with E-state index in [9.17, 15) is 22.8 Å². The summed E-state index contributed by atoms with van der Waals surface area (Å²) in [5, 5.41) is 4.45. The molecule has 1 fully saturated rings. The Hall–Kier alpha value is -2.32. The zero-order valence-electron chi connectivity index (χ0n) is 11.3. The van der Waals surface area contributed by atoms with Crippen molar-refractivity contribution in [2.45, 2.75) is 25.2 Å². The van der Waals surface area contributed by atoms with Crippen LogP contribution in [-0.2, 0) is 11.3 Å². The van der Waals surface area contributed by atoms with Crippen LogP contribution in [-0.4, -0.2) is 40.6 Å². The fraction of sp³-hybridized carbons (Fsp3) is 0.417. The topological polar surface area (TPSA) is 74.3 Å². The van der Waals surface area contributed by atoms with Crippen molar-refractivity contribution < 1.29 is 22.8 Å². The largest absolute Gasteiger partial charge is 0.420 e. The molecule has 1 atom stereocenters. The number of imide groups is 1. The fourth-order valence-corrected chi connectivity index (χ4v) is 1.99. The fourth-order valence-electron chi connectivity index (χ4n) is 1.99. The molecule has 0 spiro atoms. The smallest absolute Gasteiger partial charge is 0.373 e. The quantitative estimate of drug-likeness (QED) is 0.830. The van der Waals surface area contributed by atoms with Crippen molar-refractivity contribution in [1.29, 1.82) is 0 Å². The van der Waals surface area contributed by atoms with Gasteiger partial charge >= 0.3 is 12.2 Å². The van der Waals surface area contributed by atoms with Crippen LogP contribution in [0, 0.1) is 0 Å². The van der Waals surface area contributed by atoms with Crippen LogP contribution in [0.25, 0.3) is 0 Å². The van der Waals surface area contributed by atoms with E-state index in [1.165, 1.54) is 6.20 Å². The highest BCUT2D eigenvalue weighted by atomic mass is 19.4. The minimum Gasteiger partial charge on any atom is -0.373 e. The summed E-state index contributed by atoms with van der Waals surface area (Å²) >= 11 is 0. The third kappa shape index (κ3) is 2.39. The van der Waals surface area contributed by atoms with Gasteiger partial charge in [-0.1, -0.05) is 6.07 Å². The molecule has 0 radical (unpaired) electrons. The number of hydrogen-bond acceptors (Lipinski definition) is 4. The summed E-state index contributed by atoms with van der Waals surface area (Å²) in [5.41, 5.74) is -2.46. The van der Waals surface area contributed by atoms with Gasteiger partial charge in [0.2, 0.25) is 5.54 Å². The maximum atomic E-state index is 12.9. The number of alkyl halides is 3. The molecule has 21 heavy (non-hydrogen) atoms. The molecule has 9 heteroatoms. The molecule has 1 aliphatic heterocycles. The normalized spacial score (nSPS) is 22.4. The van der Waals surface area contributed by atoms with Crippen LogP contribution >= 0.6 is 0 Å². The summed E-state index contributed by atoms with van der Waals surface area (Å²) in [7, 11) is 1.58. The average Bonchev–Trinajstić information content (AvgIpc) is 2.63. The van der Waals surface area contributed by atoms with Crippen molar-refractivity contribution in [2.75, 3.05) is 12.4 Å². The number of carbonyl (C=O) groups excluding carboxylic acids is 2. The molecule has 1 unspecified atom stereocenters. The molecule has 0 saturated carbocycles. The molecular formula is C12H13F3N4O2. The number of hydrogen-bond donors (Lipinski definition) is 2. The van der Waals surface area contributed by atoms with Crippen LogP contribution in [0.15, 0.2) is 18.3 Å². The Kier molecular flexibility index (Phi) is 3.52. The summed E-state index contributed by atoms with van der Waals surface area (Å²) in [6.45, 7) is 0.357. The molecule has 2 N–H and O–H groups in total. The van der Waals surface area contributed by atoms with E-state index in [-0.39, 0.29) is 6.54 Å². The van der Waals surface area contributed by atoms with Gasteiger partial charge in [0, 0.05) is 18.8 Å². The number of carbonyl (C=O) groups is 2. The highest BCUT2D eigenvalue weighted by molar-refractivity contribution is 6.07. The van der Waals surface area contributed by atoms with Gasteiger partial charge in [-0.2, -0.15) is 13.2 Å². The Morgan fingerprint density at radius 3 is 2.62 bits per heavy atom. The second kappa shape index (κ2) is 4.90. The van der Waals surface area contributed by atoms with Gasteiger partial charge < -0.3 is 10.6 Å². The molecule has 1 saturated heterocycles. The Balaban J connectivity index is 2.30. The van der Waals surface area contributed by atoms with Gasteiger partial charge in [-0.15, -0.1) is 0 Å². The van der Waals surface area contributed by atoms with Crippen LogP contribution < -0.4 is 10.6 Å². The molecule has 3 amide bonds. The minimum atomic E-state index is -4.87. The van der Waals surface area contributed by atoms with Crippen LogP contribution in [0.4, 0.5) is 23.8 Å². The zero-order chi connectivity index (χ0) is 15.8. The molecule has 2 heterocycles. The Labute approximate surface area is 118 Å². The highest BCUT2D eigenvalue weighted by Crippen LogP contribution is 2.35. The van der Waals surface area contributed by atoms with Crippen molar-refractivity contribution in [3.8, 4) is 0 Å². The van der Waals surface area contributed by atoms with E-state index in [0.717, 1.165) is 0 Å². The first-order valence-corrected chi connectivity index (χ1v) is 6.03. The van der Waals surface area contributed by atoms with E-state index in [1.807, 2.05) is 0 Å². The monoisotopic (exact) mass is 302 g/mol. The Morgan fingerprint density at radius 2 is 2.10 bits per heavy atom. The number of aromatic nitrogens is 1. The Morgan fingerprint density at radius 1 is 1.43 bits per heavy atom. The number of amides is 3. The van der Waals surface area contributed by atoms with Crippen molar-refractivity contribution in [3.05, 3.63) is 23.9 Å². The maximum absolute atomic E-state index is 12.9. The average molecular weight is 302 g/mol. The second-order valence-corrected chi connectivity index (χ2v) is 4.71. The summed E-state index contributed by atoms with van der Waals surface area (Å²) in [6, 6.07) is 2.06. The van der Waals surface area contributed by atoms with Crippen LogP contribution in [0.1, 0.15) is 12.5 Å². The number of nitrogens with one attached hydrogen (secondary N) is 2. The number of pyridine rings is 1. The summed E-state index contributed by atoms with van der Waals surface area (Å²) < 4.78 is 38.8. The maximum Gasteiger partial charge on any atom is 0.420 e. The number of halogens is 3. The Bertz CT molecular complexity index is 590. The number of rotatable bonds is 3. The first-order chi connectivity index (χ1) is 9.70.